The molecule has 0 fully saturated rings. The van der Waals surface area contributed by atoms with Gasteiger partial charge in [0.05, 0.1) is 0 Å². The Balaban J connectivity index is 0. The first-order valence-electron chi connectivity index (χ1n) is 0. The zero-order chi connectivity index (χ0) is 0. The Morgan fingerprint density at radius 3 is 0.600 bits per heavy atom. The van der Waals surface area contributed by atoms with Crippen LogP contribution in [-0.2, 0) is 22.4 Å². The molecule has 43 valence electrons. The van der Waals surface area contributed by atoms with E-state index in [1.54, 1.807) is 0 Å². The smallest absolute Gasteiger partial charge is 0 e. The normalized spacial score (nSPS) is 0. The predicted octanol–water partition coefficient (Wildman–Crippen LogP) is 0.438. The molecule has 2 N–H and O–H groups in total. The van der Waals surface area contributed by atoms with E-state index in [1.165, 1.54) is 0 Å². The van der Waals surface area contributed by atoms with Crippen LogP contribution in [-0.4, -0.2) is 5.48 Å². The van der Waals surface area contributed by atoms with Crippen molar-refractivity contribution in [1.82, 2.24) is 0 Å². The van der Waals surface area contributed by atoms with Crippen molar-refractivity contribution in [2.45, 2.75) is 0 Å². The summed E-state index contributed by atoms with van der Waals surface area (Å²) in [5.74, 6) is 0. The van der Waals surface area contributed by atoms with Crippen molar-refractivity contribution in [1.29, 1.82) is 0 Å². The summed E-state index contributed by atoms with van der Waals surface area (Å²) in [6.45, 7) is 0. The van der Waals surface area contributed by atoms with Gasteiger partial charge in [-0.1, -0.05) is 0 Å². The third-order valence-corrected chi connectivity index (χ3v) is 0. The third kappa shape index (κ3) is 28.8. The van der Waals surface area contributed by atoms with Crippen LogP contribution in [0.2, 0.25) is 0 Å². The van der Waals surface area contributed by atoms with E-state index in [1.807, 2.05) is 0 Å². The summed E-state index contributed by atoms with van der Waals surface area (Å²) in [5.41, 5.74) is 0. The molecule has 0 unspecified atom stereocenters. The van der Waals surface area contributed by atoms with E-state index in [0.717, 1.165) is 0 Å². The quantitative estimate of drug-likeness (QED) is 0.579. The van der Waals surface area contributed by atoms with Crippen LogP contribution in [0.4, 0.5) is 0 Å². The van der Waals surface area contributed by atoms with E-state index in [-0.39, 0.29) is 65.1 Å². The zero-order valence-electron chi connectivity index (χ0n) is 2.03. The van der Waals surface area contributed by atoms with Crippen molar-refractivity contribution in [3.8, 4) is 0 Å². The van der Waals surface area contributed by atoms with Gasteiger partial charge in [-0.25, -0.2) is 0 Å². The van der Waals surface area contributed by atoms with Crippen molar-refractivity contribution >= 4 is 37.2 Å². The molecule has 0 aliphatic rings. The van der Waals surface area contributed by atoms with E-state index < -0.39 is 0 Å². The molecule has 0 amide bonds. The van der Waals surface area contributed by atoms with E-state index in [2.05, 4.69) is 0 Å². The molecule has 0 aromatic rings. The SMILES string of the molecule is Cl.Cl.Cl.O.[Au]. The molecule has 5 heteroatoms. The molecule has 0 rings (SSSR count). The molecule has 5 heavy (non-hydrogen) atoms. The van der Waals surface area contributed by atoms with Gasteiger partial charge in [-0.05, 0) is 0 Å². The zero-order valence-corrected chi connectivity index (χ0v) is 6.64. The fourth-order valence-corrected chi connectivity index (χ4v) is 0. The van der Waals surface area contributed by atoms with Crippen molar-refractivity contribution in [3.63, 3.8) is 0 Å². The van der Waals surface area contributed by atoms with Crippen LogP contribution in [0.3, 0.4) is 0 Å². The van der Waals surface area contributed by atoms with Crippen LogP contribution in [0.5, 0.6) is 0 Å². The molecule has 0 saturated heterocycles. The van der Waals surface area contributed by atoms with Crippen LogP contribution >= 0.6 is 37.2 Å². The molecule has 0 aromatic heterocycles. The average molecular weight is 324 g/mol. The van der Waals surface area contributed by atoms with Crippen LogP contribution in [0, 0.1) is 0 Å². The molecular weight excluding hydrogens is 319 g/mol. The van der Waals surface area contributed by atoms with Crippen molar-refractivity contribution in [3.05, 3.63) is 0 Å². The first-order chi connectivity index (χ1) is 0. The van der Waals surface area contributed by atoms with E-state index in [9.17, 15) is 0 Å². The topological polar surface area (TPSA) is 31.5 Å². The minimum absolute atomic E-state index is 0. The first-order valence-corrected chi connectivity index (χ1v) is 0. The maximum Gasteiger partial charge on any atom is 0 e. The van der Waals surface area contributed by atoms with Gasteiger partial charge in [0.15, 0.2) is 0 Å². The Bertz CT molecular complexity index is 6.85. The molecule has 0 aliphatic carbocycles. The maximum absolute atomic E-state index is 0. The Kier molecular flexibility index (Phi) is 780. The van der Waals surface area contributed by atoms with Crippen LogP contribution in [0.1, 0.15) is 0 Å². The second-order valence-corrected chi connectivity index (χ2v) is 0. The predicted molar refractivity (Wildman–Crippen MR) is 25.4 cm³/mol. The summed E-state index contributed by atoms with van der Waals surface area (Å²) in [6, 6.07) is 0. The molecule has 0 aromatic carbocycles. The molecule has 1 radical (unpaired) electrons. The van der Waals surface area contributed by atoms with Crippen LogP contribution < -0.4 is 0 Å². The number of hydrogen-bond donors (Lipinski definition) is 0. The van der Waals surface area contributed by atoms with E-state index in [0.29, 0.717) is 0 Å². The molecular formula is H5AuCl3O. The Labute approximate surface area is 64.9 Å². The molecule has 1 nitrogen and oxygen atoms in total. The summed E-state index contributed by atoms with van der Waals surface area (Å²) < 4.78 is 0. The Hall–Kier alpha value is 1.57. The van der Waals surface area contributed by atoms with E-state index in [4.69, 9.17) is 0 Å². The fraction of sp³-hybridized carbons (Fsp3) is 0. The molecule has 0 atom stereocenters. The summed E-state index contributed by atoms with van der Waals surface area (Å²) in [7, 11) is 0. The number of hydrogen-bond acceptors (Lipinski definition) is 0. The van der Waals surface area contributed by atoms with Gasteiger partial charge in [0.1, 0.15) is 0 Å². The fourth-order valence-electron chi connectivity index (χ4n) is 0. The van der Waals surface area contributed by atoms with Gasteiger partial charge >= 0.3 is 0 Å². The van der Waals surface area contributed by atoms with Gasteiger partial charge in [-0.15, -0.1) is 37.2 Å². The van der Waals surface area contributed by atoms with Crippen molar-refractivity contribution in [2.75, 3.05) is 0 Å². The molecule has 0 aliphatic heterocycles. The number of rotatable bonds is 0. The van der Waals surface area contributed by atoms with Crippen LogP contribution in [0.15, 0.2) is 0 Å². The van der Waals surface area contributed by atoms with Gasteiger partial charge < -0.3 is 5.48 Å². The third-order valence-electron chi connectivity index (χ3n) is 0. The largest absolute Gasteiger partial charge is 0.412 e. The van der Waals surface area contributed by atoms with Crippen molar-refractivity contribution < 1.29 is 27.9 Å². The molecule has 0 saturated carbocycles. The minimum Gasteiger partial charge on any atom is -0.412 e. The van der Waals surface area contributed by atoms with Gasteiger partial charge in [0.25, 0.3) is 0 Å². The molecule has 0 heterocycles. The Morgan fingerprint density at radius 1 is 0.600 bits per heavy atom. The first kappa shape index (κ1) is 82.7. The second-order valence-electron chi connectivity index (χ2n) is 0. The summed E-state index contributed by atoms with van der Waals surface area (Å²) in [4.78, 5) is 0. The summed E-state index contributed by atoms with van der Waals surface area (Å²) >= 11 is 0. The average Bonchev–Trinajstić information content (AvgIpc) is 0. The summed E-state index contributed by atoms with van der Waals surface area (Å²) in [6.07, 6.45) is 0. The number of halogens is 3. The van der Waals surface area contributed by atoms with Crippen molar-refractivity contribution in [2.24, 2.45) is 0 Å². The molecule has 0 bridgehead atoms. The van der Waals surface area contributed by atoms with Gasteiger partial charge in [0.2, 0.25) is 0 Å². The monoisotopic (exact) mass is 323 g/mol. The van der Waals surface area contributed by atoms with Gasteiger partial charge in [-0.3, -0.25) is 0 Å². The maximum atomic E-state index is 0. The van der Waals surface area contributed by atoms with Crippen LogP contribution in [0.25, 0.3) is 0 Å². The molecule has 0 spiro atoms. The van der Waals surface area contributed by atoms with Gasteiger partial charge in [-0.2, -0.15) is 0 Å². The standard InChI is InChI=1S/Au.3ClH.H2O/h;3*1H;1H2. The minimum atomic E-state index is 0. The second kappa shape index (κ2) is 47.2. The van der Waals surface area contributed by atoms with E-state index >= 15 is 0 Å². The van der Waals surface area contributed by atoms with Gasteiger partial charge in [0, 0.05) is 22.4 Å². The summed E-state index contributed by atoms with van der Waals surface area (Å²) in [5, 5.41) is 0. The Morgan fingerprint density at radius 2 is 0.600 bits per heavy atom.